The molecule has 1 aromatic carbocycles. The van der Waals surface area contributed by atoms with Gasteiger partial charge in [0.05, 0.1) is 6.54 Å². The summed E-state index contributed by atoms with van der Waals surface area (Å²) in [5.41, 5.74) is 10.1. The summed E-state index contributed by atoms with van der Waals surface area (Å²) in [6.45, 7) is 7.69. The largest absolute Gasteiger partial charge is 0.329 e. The zero-order valence-electron chi connectivity index (χ0n) is 12.1. The predicted octanol–water partition coefficient (Wildman–Crippen LogP) is 1.41. The van der Waals surface area contributed by atoms with Crippen LogP contribution in [0.15, 0.2) is 24.5 Å². The Morgan fingerprint density at radius 2 is 2.00 bits per heavy atom. The van der Waals surface area contributed by atoms with Gasteiger partial charge in [-0.25, -0.2) is 0 Å². The molecule has 0 bridgehead atoms. The number of hydrogen-bond donors (Lipinski definition) is 1. The number of aryl methyl sites for hydroxylation is 2. The molecule has 2 heterocycles. The van der Waals surface area contributed by atoms with Crippen LogP contribution in [0.3, 0.4) is 0 Å². The summed E-state index contributed by atoms with van der Waals surface area (Å²) in [7, 11) is 0. The number of rotatable bonds is 3. The molecule has 20 heavy (non-hydrogen) atoms. The van der Waals surface area contributed by atoms with Crippen molar-refractivity contribution in [3.8, 4) is 0 Å². The van der Waals surface area contributed by atoms with Gasteiger partial charge in [0, 0.05) is 25.7 Å². The molecule has 1 atom stereocenters. The molecule has 0 radical (unpaired) electrons. The van der Waals surface area contributed by atoms with Crippen molar-refractivity contribution in [3.05, 3.63) is 47.0 Å². The summed E-state index contributed by atoms with van der Waals surface area (Å²) >= 11 is 0. The molecular weight excluding hydrogens is 250 g/mol. The number of nitrogens with two attached hydrogens (primary N) is 1. The van der Waals surface area contributed by atoms with Crippen LogP contribution in [0.5, 0.6) is 0 Å². The highest BCUT2D eigenvalue weighted by atomic mass is 15.3. The predicted molar refractivity (Wildman–Crippen MR) is 78.1 cm³/mol. The van der Waals surface area contributed by atoms with Crippen LogP contribution in [-0.2, 0) is 13.1 Å². The van der Waals surface area contributed by atoms with Crippen LogP contribution in [0.1, 0.15) is 28.6 Å². The van der Waals surface area contributed by atoms with E-state index in [0.717, 1.165) is 25.5 Å². The van der Waals surface area contributed by atoms with E-state index in [1.807, 2.05) is 6.33 Å². The lowest BCUT2D eigenvalue weighted by molar-refractivity contribution is 0.155. The zero-order chi connectivity index (χ0) is 14.1. The van der Waals surface area contributed by atoms with E-state index in [0.29, 0.717) is 6.54 Å². The van der Waals surface area contributed by atoms with E-state index >= 15 is 0 Å². The van der Waals surface area contributed by atoms with E-state index in [4.69, 9.17) is 5.73 Å². The fraction of sp³-hybridized carbons (Fsp3) is 0.467. The zero-order valence-corrected chi connectivity index (χ0v) is 12.1. The van der Waals surface area contributed by atoms with Crippen molar-refractivity contribution in [3.63, 3.8) is 0 Å². The molecule has 1 aliphatic rings. The molecule has 2 aromatic rings. The van der Waals surface area contributed by atoms with Gasteiger partial charge in [-0.1, -0.05) is 18.2 Å². The molecule has 3 rings (SSSR count). The molecule has 5 nitrogen and oxygen atoms in total. The van der Waals surface area contributed by atoms with Crippen LogP contribution >= 0.6 is 0 Å². The first-order chi connectivity index (χ1) is 9.70. The third-order valence-corrected chi connectivity index (χ3v) is 4.21. The van der Waals surface area contributed by atoms with Crippen molar-refractivity contribution in [1.82, 2.24) is 19.7 Å². The van der Waals surface area contributed by atoms with Crippen molar-refractivity contribution in [2.75, 3.05) is 13.1 Å². The van der Waals surface area contributed by atoms with Crippen molar-refractivity contribution in [2.24, 2.45) is 5.73 Å². The lowest BCUT2D eigenvalue weighted by Gasteiger charge is -2.35. The van der Waals surface area contributed by atoms with E-state index in [9.17, 15) is 0 Å². The number of aromatic nitrogens is 3. The highest BCUT2D eigenvalue weighted by molar-refractivity contribution is 5.36. The molecule has 1 unspecified atom stereocenters. The van der Waals surface area contributed by atoms with Crippen molar-refractivity contribution in [2.45, 2.75) is 33.0 Å². The summed E-state index contributed by atoms with van der Waals surface area (Å²) in [4.78, 5) is 2.42. The Morgan fingerprint density at radius 3 is 2.70 bits per heavy atom. The fourth-order valence-corrected chi connectivity index (χ4v) is 3.15. The SMILES string of the molecule is Cc1cccc(C)c1C(CN)N1CCn2cnnc2C1. The Hall–Kier alpha value is -1.72. The minimum absolute atomic E-state index is 0.252. The standard InChI is InChI=1S/C15H21N5/c1-11-4-3-5-12(2)15(11)13(8-16)19-6-7-20-10-17-18-14(20)9-19/h3-5,10,13H,6-9,16H2,1-2H3. The van der Waals surface area contributed by atoms with E-state index in [2.05, 4.69) is 51.7 Å². The molecule has 1 aliphatic heterocycles. The minimum Gasteiger partial charge on any atom is -0.329 e. The third kappa shape index (κ3) is 2.23. The lowest BCUT2D eigenvalue weighted by Crippen LogP contribution is -2.40. The van der Waals surface area contributed by atoms with Gasteiger partial charge in [-0.05, 0) is 30.5 Å². The van der Waals surface area contributed by atoms with Gasteiger partial charge in [0.2, 0.25) is 0 Å². The average Bonchev–Trinajstić information content (AvgIpc) is 2.90. The second-order valence-corrected chi connectivity index (χ2v) is 5.47. The lowest BCUT2D eigenvalue weighted by atomic mass is 9.94. The normalized spacial score (nSPS) is 16.9. The molecule has 0 amide bonds. The summed E-state index contributed by atoms with van der Waals surface area (Å²) in [5.74, 6) is 1.03. The maximum absolute atomic E-state index is 6.08. The topological polar surface area (TPSA) is 60.0 Å². The Morgan fingerprint density at radius 1 is 1.25 bits per heavy atom. The molecule has 2 N–H and O–H groups in total. The maximum Gasteiger partial charge on any atom is 0.147 e. The van der Waals surface area contributed by atoms with Crippen LogP contribution < -0.4 is 5.73 Å². The second-order valence-electron chi connectivity index (χ2n) is 5.47. The Labute approximate surface area is 119 Å². The fourth-order valence-electron chi connectivity index (χ4n) is 3.15. The quantitative estimate of drug-likeness (QED) is 0.917. The minimum atomic E-state index is 0.252. The Balaban J connectivity index is 1.92. The van der Waals surface area contributed by atoms with Crippen LogP contribution in [0.25, 0.3) is 0 Å². The number of fused-ring (bicyclic) bond motifs is 1. The van der Waals surface area contributed by atoms with Gasteiger partial charge in [-0.2, -0.15) is 0 Å². The second kappa shape index (κ2) is 5.34. The van der Waals surface area contributed by atoms with Gasteiger partial charge in [-0.15, -0.1) is 10.2 Å². The molecule has 0 saturated carbocycles. The van der Waals surface area contributed by atoms with Crippen molar-refractivity contribution in [1.29, 1.82) is 0 Å². The summed E-state index contributed by atoms with van der Waals surface area (Å²) in [5, 5.41) is 8.18. The molecule has 0 spiro atoms. The summed E-state index contributed by atoms with van der Waals surface area (Å²) in [6.07, 6.45) is 1.81. The Bertz CT molecular complexity index is 584. The number of benzene rings is 1. The van der Waals surface area contributed by atoms with Gasteiger partial charge in [0.25, 0.3) is 0 Å². The van der Waals surface area contributed by atoms with E-state index in [1.54, 1.807) is 0 Å². The van der Waals surface area contributed by atoms with Gasteiger partial charge in [0.15, 0.2) is 0 Å². The molecule has 0 fully saturated rings. The van der Waals surface area contributed by atoms with E-state index in [-0.39, 0.29) is 6.04 Å². The first-order valence-electron chi connectivity index (χ1n) is 7.07. The smallest absolute Gasteiger partial charge is 0.147 e. The number of nitrogens with zero attached hydrogens (tertiary/aromatic N) is 4. The van der Waals surface area contributed by atoms with Gasteiger partial charge >= 0.3 is 0 Å². The van der Waals surface area contributed by atoms with Crippen molar-refractivity contribution >= 4 is 0 Å². The summed E-state index contributed by atoms with van der Waals surface area (Å²) in [6, 6.07) is 6.69. The number of hydrogen-bond acceptors (Lipinski definition) is 4. The average molecular weight is 271 g/mol. The van der Waals surface area contributed by atoms with Gasteiger partial charge in [-0.3, -0.25) is 4.90 Å². The first-order valence-corrected chi connectivity index (χ1v) is 7.07. The van der Waals surface area contributed by atoms with E-state index < -0.39 is 0 Å². The van der Waals surface area contributed by atoms with Gasteiger partial charge < -0.3 is 10.3 Å². The molecular formula is C15H21N5. The highest BCUT2D eigenvalue weighted by Crippen LogP contribution is 2.28. The maximum atomic E-state index is 6.08. The molecule has 0 aliphatic carbocycles. The summed E-state index contributed by atoms with van der Waals surface area (Å²) < 4.78 is 2.12. The molecule has 106 valence electrons. The highest BCUT2D eigenvalue weighted by Gasteiger charge is 2.26. The Kier molecular flexibility index (Phi) is 3.54. The monoisotopic (exact) mass is 271 g/mol. The molecule has 5 heteroatoms. The van der Waals surface area contributed by atoms with Crippen LogP contribution in [0, 0.1) is 13.8 Å². The van der Waals surface area contributed by atoms with Gasteiger partial charge in [0.1, 0.15) is 12.2 Å². The first kappa shape index (κ1) is 13.3. The van der Waals surface area contributed by atoms with Crippen LogP contribution in [-0.4, -0.2) is 32.8 Å². The van der Waals surface area contributed by atoms with Crippen molar-refractivity contribution < 1.29 is 0 Å². The molecule has 0 saturated heterocycles. The molecule has 1 aromatic heterocycles. The van der Waals surface area contributed by atoms with Crippen LogP contribution in [0.4, 0.5) is 0 Å². The third-order valence-electron chi connectivity index (χ3n) is 4.21. The van der Waals surface area contributed by atoms with E-state index in [1.165, 1.54) is 16.7 Å². The van der Waals surface area contributed by atoms with Crippen LogP contribution in [0.2, 0.25) is 0 Å².